The van der Waals surface area contributed by atoms with Gasteiger partial charge in [0.05, 0.1) is 31.6 Å². The number of nitrogens with one attached hydrogen (secondary N) is 2. The number of ether oxygens (including phenoxy) is 3. The molecule has 9 heteroatoms. The van der Waals surface area contributed by atoms with Crippen LogP contribution in [0, 0.1) is 0 Å². The minimum absolute atomic E-state index is 0.00509. The smallest absolute Gasteiger partial charge is 0.255 e. The van der Waals surface area contributed by atoms with E-state index in [9.17, 15) is 13.2 Å². The maximum Gasteiger partial charge on any atom is 0.255 e. The fourth-order valence-corrected chi connectivity index (χ4v) is 3.43. The summed E-state index contributed by atoms with van der Waals surface area (Å²) in [5.41, 5.74) is 0.313. The first-order valence-electron chi connectivity index (χ1n) is 8.04. The molecule has 0 unspecified atom stereocenters. The van der Waals surface area contributed by atoms with Crippen molar-refractivity contribution in [3.05, 3.63) is 23.8 Å². The lowest BCUT2D eigenvalue weighted by Crippen LogP contribution is -2.37. The van der Waals surface area contributed by atoms with E-state index < -0.39 is 15.9 Å². The van der Waals surface area contributed by atoms with E-state index in [0.717, 1.165) is 12.8 Å². The number of rotatable bonds is 9. The van der Waals surface area contributed by atoms with E-state index in [1.54, 1.807) is 18.2 Å². The molecule has 0 spiro atoms. The highest BCUT2D eigenvalue weighted by atomic mass is 32.2. The molecular weight excluding hydrogens is 348 g/mol. The Balaban J connectivity index is 1.83. The molecule has 1 saturated heterocycles. The van der Waals surface area contributed by atoms with Crippen LogP contribution in [0.15, 0.2) is 18.2 Å². The van der Waals surface area contributed by atoms with Gasteiger partial charge >= 0.3 is 0 Å². The second kappa shape index (κ2) is 9.02. The average molecular weight is 372 g/mol. The van der Waals surface area contributed by atoms with Gasteiger partial charge in [0.2, 0.25) is 10.0 Å². The molecule has 0 radical (unpaired) electrons. The topological polar surface area (TPSA) is 103 Å². The second-order valence-electron chi connectivity index (χ2n) is 5.62. The van der Waals surface area contributed by atoms with Crippen LogP contribution in [0.1, 0.15) is 23.2 Å². The number of carbonyl (C=O) groups is 1. The molecule has 140 valence electrons. The van der Waals surface area contributed by atoms with E-state index in [1.165, 1.54) is 14.2 Å². The predicted molar refractivity (Wildman–Crippen MR) is 92.6 cm³/mol. The van der Waals surface area contributed by atoms with E-state index in [-0.39, 0.29) is 24.9 Å². The van der Waals surface area contributed by atoms with Gasteiger partial charge in [0, 0.05) is 25.8 Å². The number of benzene rings is 1. The quantitative estimate of drug-likeness (QED) is 0.656. The molecule has 0 bridgehead atoms. The SMILES string of the molecule is COc1ccc(C(=O)NCCS(=O)(=O)NC[C@@H]2CCCO2)c(OC)c1. The highest BCUT2D eigenvalue weighted by molar-refractivity contribution is 7.89. The minimum Gasteiger partial charge on any atom is -0.497 e. The molecule has 1 aliphatic heterocycles. The Morgan fingerprint density at radius 3 is 2.76 bits per heavy atom. The predicted octanol–water partition coefficient (Wildman–Crippen LogP) is 0.532. The Bertz CT molecular complexity index is 686. The fourth-order valence-electron chi connectivity index (χ4n) is 2.48. The molecule has 1 aromatic carbocycles. The van der Waals surface area contributed by atoms with Crippen molar-refractivity contribution in [1.82, 2.24) is 10.0 Å². The highest BCUT2D eigenvalue weighted by Gasteiger charge is 2.19. The summed E-state index contributed by atoms with van der Waals surface area (Å²) < 4.78 is 42.0. The summed E-state index contributed by atoms with van der Waals surface area (Å²) in [7, 11) is -0.503. The van der Waals surface area contributed by atoms with Gasteiger partial charge in [-0.1, -0.05) is 0 Å². The van der Waals surface area contributed by atoms with Gasteiger partial charge < -0.3 is 19.5 Å². The van der Waals surface area contributed by atoms with E-state index in [2.05, 4.69) is 10.0 Å². The van der Waals surface area contributed by atoms with Crippen LogP contribution >= 0.6 is 0 Å². The average Bonchev–Trinajstić information content (AvgIpc) is 3.13. The molecule has 0 aromatic heterocycles. The third-order valence-corrected chi connectivity index (χ3v) is 5.21. The Kier molecular flexibility index (Phi) is 7.03. The second-order valence-corrected chi connectivity index (χ2v) is 7.55. The summed E-state index contributed by atoms with van der Waals surface area (Å²) in [4.78, 5) is 12.2. The molecule has 8 nitrogen and oxygen atoms in total. The van der Waals surface area contributed by atoms with Crippen LogP contribution in [0.2, 0.25) is 0 Å². The summed E-state index contributed by atoms with van der Waals surface area (Å²) >= 11 is 0. The van der Waals surface area contributed by atoms with Crippen molar-refractivity contribution in [2.75, 3.05) is 39.7 Å². The first kappa shape index (κ1) is 19.5. The van der Waals surface area contributed by atoms with Crippen LogP contribution in [0.4, 0.5) is 0 Å². The van der Waals surface area contributed by atoms with Crippen molar-refractivity contribution in [3.63, 3.8) is 0 Å². The Labute approximate surface area is 147 Å². The third-order valence-electron chi connectivity index (χ3n) is 3.86. The lowest BCUT2D eigenvalue weighted by atomic mass is 10.2. The number of carbonyl (C=O) groups excluding carboxylic acids is 1. The summed E-state index contributed by atoms with van der Waals surface area (Å²) in [5.74, 6) is 0.309. The van der Waals surface area contributed by atoms with E-state index in [0.29, 0.717) is 23.7 Å². The minimum atomic E-state index is -3.47. The van der Waals surface area contributed by atoms with Crippen molar-refractivity contribution < 1.29 is 27.4 Å². The standard InChI is InChI=1S/C16H24N2O6S/c1-22-12-5-6-14(15(10-12)23-2)16(19)17-7-9-25(20,21)18-11-13-4-3-8-24-13/h5-6,10,13,18H,3-4,7-9,11H2,1-2H3,(H,17,19)/t13-/m0/s1. The normalized spacial score (nSPS) is 17.3. The van der Waals surface area contributed by atoms with Crippen LogP contribution in [0.5, 0.6) is 11.5 Å². The van der Waals surface area contributed by atoms with E-state index in [4.69, 9.17) is 14.2 Å². The lowest BCUT2D eigenvalue weighted by Gasteiger charge is -2.13. The van der Waals surface area contributed by atoms with Gasteiger partial charge in [0.25, 0.3) is 5.91 Å². The Morgan fingerprint density at radius 2 is 2.12 bits per heavy atom. The van der Waals surface area contributed by atoms with Crippen LogP contribution in [0.25, 0.3) is 0 Å². The molecule has 1 amide bonds. The molecule has 2 rings (SSSR count). The zero-order valence-corrected chi connectivity index (χ0v) is 15.2. The molecule has 1 aromatic rings. The molecule has 1 heterocycles. The van der Waals surface area contributed by atoms with Gasteiger partial charge in [-0.05, 0) is 25.0 Å². The summed E-state index contributed by atoms with van der Waals surface area (Å²) in [6.07, 6.45) is 1.75. The van der Waals surface area contributed by atoms with Crippen molar-refractivity contribution in [3.8, 4) is 11.5 Å². The first-order valence-corrected chi connectivity index (χ1v) is 9.69. The zero-order valence-electron chi connectivity index (χ0n) is 14.4. The Hall–Kier alpha value is -1.84. The first-order chi connectivity index (χ1) is 11.9. The van der Waals surface area contributed by atoms with Gasteiger partial charge in [-0.15, -0.1) is 0 Å². The number of hydrogen-bond donors (Lipinski definition) is 2. The van der Waals surface area contributed by atoms with Gasteiger partial charge in [-0.25, -0.2) is 13.1 Å². The third kappa shape index (κ3) is 5.87. The molecule has 0 saturated carbocycles. The van der Waals surface area contributed by atoms with Gasteiger partial charge in [-0.3, -0.25) is 4.79 Å². The fraction of sp³-hybridized carbons (Fsp3) is 0.562. The van der Waals surface area contributed by atoms with Crippen molar-refractivity contribution >= 4 is 15.9 Å². The van der Waals surface area contributed by atoms with Gasteiger partial charge in [-0.2, -0.15) is 0 Å². The summed E-state index contributed by atoms with van der Waals surface area (Å²) in [5, 5.41) is 2.59. The highest BCUT2D eigenvalue weighted by Crippen LogP contribution is 2.24. The molecule has 2 N–H and O–H groups in total. The van der Waals surface area contributed by atoms with Crippen LogP contribution in [-0.2, 0) is 14.8 Å². The van der Waals surface area contributed by atoms with Gasteiger partial charge in [0.1, 0.15) is 11.5 Å². The molecule has 1 atom stereocenters. The van der Waals surface area contributed by atoms with E-state index >= 15 is 0 Å². The van der Waals surface area contributed by atoms with Crippen LogP contribution in [0.3, 0.4) is 0 Å². The maximum absolute atomic E-state index is 12.2. The van der Waals surface area contributed by atoms with Crippen molar-refractivity contribution in [1.29, 1.82) is 0 Å². The van der Waals surface area contributed by atoms with Crippen molar-refractivity contribution in [2.24, 2.45) is 0 Å². The largest absolute Gasteiger partial charge is 0.497 e. The summed E-state index contributed by atoms with van der Waals surface area (Å²) in [6.45, 7) is 0.934. The molecule has 0 aliphatic carbocycles. The lowest BCUT2D eigenvalue weighted by molar-refractivity contribution is 0.0953. The monoisotopic (exact) mass is 372 g/mol. The maximum atomic E-state index is 12.2. The number of amides is 1. The molecule has 1 aliphatic rings. The van der Waals surface area contributed by atoms with Crippen LogP contribution < -0.4 is 19.5 Å². The number of hydrogen-bond acceptors (Lipinski definition) is 6. The molecular formula is C16H24N2O6S. The molecule has 1 fully saturated rings. The number of sulfonamides is 1. The zero-order chi connectivity index (χ0) is 18.3. The van der Waals surface area contributed by atoms with E-state index in [1.807, 2.05) is 0 Å². The van der Waals surface area contributed by atoms with Crippen LogP contribution in [-0.4, -0.2) is 60.1 Å². The van der Waals surface area contributed by atoms with Gasteiger partial charge in [0.15, 0.2) is 0 Å². The molecule has 25 heavy (non-hydrogen) atoms. The summed E-state index contributed by atoms with van der Waals surface area (Å²) in [6, 6.07) is 4.79. The Morgan fingerprint density at radius 1 is 1.32 bits per heavy atom. The van der Waals surface area contributed by atoms with Crippen molar-refractivity contribution in [2.45, 2.75) is 18.9 Å². The number of methoxy groups -OCH3 is 2.